The van der Waals surface area contributed by atoms with E-state index in [1.165, 1.54) is 44.1 Å². The lowest BCUT2D eigenvalue weighted by Crippen LogP contribution is -2.32. The van der Waals surface area contributed by atoms with E-state index in [0.29, 0.717) is 6.10 Å². The van der Waals surface area contributed by atoms with Crippen LogP contribution in [0.1, 0.15) is 68.5 Å². The van der Waals surface area contributed by atoms with Gasteiger partial charge in [0.05, 0.1) is 17.4 Å². The van der Waals surface area contributed by atoms with Crippen molar-refractivity contribution in [2.45, 2.75) is 77.0 Å². The molecule has 3 rings (SSSR count). The van der Waals surface area contributed by atoms with Gasteiger partial charge in [0.2, 0.25) is 0 Å². The van der Waals surface area contributed by atoms with Crippen molar-refractivity contribution >= 4 is 0 Å². The minimum atomic E-state index is 0.235. The number of nitrogens with zero attached hydrogens (tertiary/aromatic N) is 1. The fraction of sp³-hybridized carbons (Fsp3) is 0.812. The van der Waals surface area contributed by atoms with Crippen LogP contribution in [0.5, 0.6) is 0 Å². The molecule has 1 aromatic rings. The summed E-state index contributed by atoms with van der Waals surface area (Å²) in [4.78, 5) is 0. The summed E-state index contributed by atoms with van der Waals surface area (Å²) < 4.78 is 11.6. The maximum Gasteiger partial charge on any atom is 0.138 e. The van der Waals surface area contributed by atoms with Gasteiger partial charge in [0.1, 0.15) is 5.76 Å². The van der Waals surface area contributed by atoms with Crippen LogP contribution in [0.4, 0.5) is 0 Å². The van der Waals surface area contributed by atoms with Crippen LogP contribution in [0.2, 0.25) is 0 Å². The van der Waals surface area contributed by atoms with Crippen LogP contribution in [-0.2, 0) is 4.74 Å². The van der Waals surface area contributed by atoms with Gasteiger partial charge in [0.25, 0.3) is 0 Å². The number of nitrogens with one attached hydrogen (secondary N) is 1. The summed E-state index contributed by atoms with van der Waals surface area (Å²) in [5, 5.41) is 7.62. The Morgan fingerprint density at radius 3 is 2.70 bits per heavy atom. The van der Waals surface area contributed by atoms with Crippen molar-refractivity contribution in [1.29, 1.82) is 0 Å². The van der Waals surface area contributed by atoms with E-state index in [2.05, 4.69) is 17.4 Å². The van der Waals surface area contributed by atoms with Crippen LogP contribution in [0.25, 0.3) is 0 Å². The quantitative estimate of drug-likeness (QED) is 0.916. The van der Waals surface area contributed by atoms with E-state index in [-0.39, 0.29) is 11.6 Å². The Labute approximate surface area is 121 Å². The molecule has 2 heterocycles. The number of hydrogen-bond donors (Lipinski definition) is 1. The van der Waals surface area contributed by atoms with Gasteiger partial charge in [-0.1, -0.05) is 18.0 Å². The van der Waals surface area contributed by atoms with Gasteiger partial charge < -0.3 is 14.6 Å². The van der Waals surface area contributed by atoms with Gasteiger partial charge in [-0.15, -0.1) is 0 Å². The van der Waals surface area contributed by atoms with E-state index >= 15 is 0 Å². The normalized spacial score (nSPS) is 26.4. The number of aromatic nitrogens is 1. The first kappa shape index (κ1) is 14.1. The van der Waals surface area contributed by atoms with E-state index < -0.39 is 0 Å². The summed E-state index contributed by atoms with van der Waals surface area (Å²) in [6.07, 6.45) is 8.04. The minimum Gasteiger partial charge on any atom is -0.370 e. The third-order valence-electron chi connectivity index (χ3n) is 5.03. The van der Waals surface area contributed by atoms with Gasteiger partial charge >= 0.3 is 0 Å². The predicted molar refractivity (Wildman–Crippen MR) is 77.7 cm³/mol. The minimum absolute atomic E-state index is 0.235. The number of hydrogen-bond acceptors (Lipinski definition) is 4. The maximum absolute atomic E-state index is 6.34. The fourth-order valence-electron chi connectivity index (χ4n) is 3.94. The molecule has 1 spiro atoms. The van der Waals surface area contributed by atoms with E-state index in [1.54, 1.807) is 0 Å². The number of aryl methyl sites for hydroxylation is 2. The van der Waals surface area contributed by atoms with Gasteiger partial charge in [0.15, 0.2) is 0 Å². The summed E-state index contributed by atoms with van der Waals surface area (Å²) in [6.45, 7) is 7.08. The first-order chi connectivity index (χ1) is 9.60. The Morgan fingerprint density at radius 2 is 2.05 bits per heavy atom. The van der Waals surface area contributed by atoms with Crippen molar-refractivity contribution in [3.63, 3.8) is 0 Å². The molecule has 0 amide bonds. The molecule has 4 nitrogen and oxygen atoms in total. The molecule has 0 radical (unpaired) electrons. The summed E-state index contributed by atoms with van der Waals surface area (Å²) in [5.74, 6) is 0.919. The largest absolute Gasteiger partial charge is 0.370 e. The highest BCUT2D eigenvalue weighted by atomic mass is 16.5. The Balaban J connectivity index is 1.53. The molecule has 20 heavy (non-hydrogen) atoms. The standard InChI is InChI=1S/C16H26N2O2/c1-11(15-12(2)18-20-13(15)3)17-10-14-6-9-16(19-14)7-4-5-8-16/h11,14,17H,4-10H2,1-3H3. The van der Waals surface area contributed by atoms with Crippen LogP contribution in [-0.4, -0.2) is 23.4 Å². The molecule has 2 atom stereocenters. The molecule has 1 saturated heterocycles. The van der Waals surface area contributed by atoms with Crippen molar-refractivity contribution in [3.8, 4) is 0 Å². The molecule has 1 aliphatic carbocycles. The van der Waals surface area contributed by atoms with Crippen LogP contribution in [0.15, 0.2) is 4.52 Å². The first-order valence-corrected chi connectivity index (χ1v) is 7.94. The van der Waals surface area contributed by atoms with E-state index in [9.17, 15) is 0 Å². The van der Waals surface area contributed by atoms with Crippen molar-refractivity contribution in [1.82, 2.24) is 10.5 Å². The predicted octanol–water partition coefficient (Wildman–Crippen LogP) is 3.43. The first-order valence-electron chi connectivity index (χ1n) is 7.94. The molecule has 2 unspecified atom stereocenters. The van der Waals surface area contributed by atoms with E-state index in [1.807, 2.05) is 13.8 Å². The van der Waals surface area contributed by atoms with E-state index in [4.69, 9.17) is 9.26 Å². The molecule has 1 aliphatic heterocycles. The van der Waals surface area contributed by atoms with Crippen molar-refractivity contribution < 1.29 is 9.26 Å². The molecule has 1 saturated carbocycles. The van der Waals surface area contributed by atoms with Gasteiger partial charge in [-0.25, -0.2) is 0 Å². The third kappa shape index (κ3) is 2.63. The molecule has 0 bridgehead atoms. The lowest BCUT2D eigenvalue weighted by atomic mass is 9.98. The highest BCUT2D eigenvalue weighted by Crippen LogP contribution is 2.43. The summed E-state index contributed by atoms with van der Waals surface area (Å²) in [6, 6.07) is 0.268. The van der Waals surface area contributed by atoms with Crippen LogP contribution >= 0.6 is 0 Å². The second-order valence-corrected chi connectivity index (χ2v) is 6.54. The molecular weight excluding hydrogens is 252 g/mol. The van der Waals surface area contributed by atoms with Gasteiger partial charge in [0, 0.05) is 18.2 Å². The average Bonchev–Trinajstić information content (AvgIpc) is 3.12. The van der Waals surface area contributed by atoms with Crippen molar-refractivity contribution in [2.24, 2.45) is 0 Å². The maximum atomic E-state index is 6.34. The molecule has 4 heteroatoms. The van der Waals surface area contributed by atoms with Crippen molar-refractivity contribution in [2.75, 3.05) is 6.54 Å². The van der Waals surface area contributed by atoms with E-state index in [0.717, 1.165) is 18.0 Å². The molecule has 1 N–H and O–H groups in total. The monoisotopic (exact) mass is 278 g/mol. The van der Waals surface area contributed by atoms with Crippen LogP contribution < -0.4 is 5.32 Å². The summed E-state index contributed by atoms with van der Waals surface area (Å²) in [5.41, 5.74) is 2.42. The van der Waals surface area contributed by atoms with Gasteiger partial charge in [-0.2, -0.15) is 0 Å². The summed E-state index contributed by atoms with van der Waals surface area (Å²) >= 11 is 0. The number of rotatable bonds is 4. The Bertz CT molecular complexity index is 444. The highest BCUT2D eigenvalue weighted by molar-refractivity contribution is 5.24. The fourth-order valence-corrected chi connectivity index (χ4v) is 3.94. The topological polar surface area (TPSA) is 47.3 Å². The zero-order valence-electron chi connectivity index (χ0n) is 12.9. The molecular formula is C16H26N2O2. The van der Waals surface area contributed by atoms with Crippen LogP contribution in [0, 0.1) is 13.8 Å². The third-order valence-corrected chi connectivity index (χ3v) is 5.03. The molecule has 2 fully saturated rings. The Morgan fingerprint density at radius 1 is 1.30 bits per heavy atom. The Hall–Kier alpha value is -0.870. The van der Waals surface area contributed by atoms with Crippen LogP contribution in [0.3, 0.4) is 0 Å². The molecule has 1 aromatic heterocycles. The second-order valence-electron chi connectivity index (χ2n) is 6.54. The zero-order valence-corrected chi connectivity index (χ0v) is 12.9. The molecule has 0 aromatic carbocycles. The molecule has 2 aliphatic rings. The highest BCUT2D eigenvalue weighted by Gasteiger charge is 2.41. The number of ether oxygens (including phenoxy) is 1. The Kier molecular flexibility index (Phi) is 3.87. The average molecular weight is 278 g/mol. The van der Waals surface area contributed by atoms with Crippen molar-refractivity contribution in [3.05, 3.63) is 17.0 Å². The zero-order chi connectivity index (χ0) is 14.2. The van der Waals surface area contributed by atoms with Gasteiger partial charge in [-0.05, 0) is 46.5 Å². The lowest BCUT2D eigenvalue weighted by molar-refractivity contribution is -0.0357. The van der Waals surface area contributed by atoms with Gasteiger partial charge in [-0.3, -0.25) is 0 Å². The SMILES string of the molecule is Cc1noc(C)c1C(C)NCC1CCC2(CCCC2)O1. The molecule has 112 valence electrons. The smallest absolute Gasteiger partial charge is 0.138 e. The second kappa shape index (κ2) is 5.49. The lowest BCUT2D eigenvalue weighted by Gasteiger charge is -2.24. The summed E-state index contributed by atoms with van der Waals surface area (Å²) in [7, 11) is 0.